The minimum atomic E-state index is -3.40. The van der Waals surface area contributed by atoms with Crippen molar-refractivity contribution < 1.29 is 12.8 Å². The van der Waals surface area contributed by atoms with Gasteiger partial charge in [0.05, 0.1) is 11.2 Å². The van der Waals surface area contributed by atoms with Crippen LogP contribution in [0.25, 0.3) is 17.0 Å². The molecule has 20 heavy (non-hydrogen) atoms. The molecule has 0 N–H and O–H groups in total. The van der Waals surface area contributed by atoms with Crippen molar-refractivity contribution in [2.24, 2.45) is 0 Å². The van der Waals surface area contributed by atoms with Gasteiger partial charge in [0.25, 0.3) is 0 Å². The third-order valence-corrected chi connectivity index (χ3v) is 4.41. The highest BCUT2D eigenvalue weighted by atomic mass is 32.2. The van der Waals surface area contributed by atoms with E-state index in [-0.39, 0.29) is 0 Å². The van der Waals surface area contributed by atoms with Crippen LogP contribution >= 0.6 is 0 Å². The topological polar surface area (TPSA) is 47.3 Å². The average Bonchev–Trinajstić information content (AvgIpc) is 2.94. The molecule has 4 heteroatoms. The predicted molar refractivity (Wildman–Crippen MR) is 78.9 cm³/mol. The van der Waals surface area contributed by atoms with Crippen LogP contribution in [-0.2, 0) is 9.84 Å². The van der Waals surface area contributed by atoms with Crippen LogP contribution in [0.4, 0.5) is 0 Å². The molecule has 3 aromatic rings. The number of sulfone groups is 1. The Balaban J connectivity index is 1.93. The van der Waals surface area contributed by atoms with E-state index in [4.69, 9.17) is 4.42 Å². The van der Waals surface area contributed by atoms with E-state index in [1.54, 1.807) is 42.7 Å². The quantitative estimate of drug-likeness (QED) is 0.733. The first-order valence-electron chi connectivity index (χ1n) is 6.11. The molecule has 0 bridgehead atoms. The molecule has 0 aliphatic rings. The average molecular weight is 284 g/mol. The van der Waals surface area contributed by atoms with E-state index in [0.29, 0.717) is 4.90 Å². The maximum Gasteiger partial charge on any atom is 0.199 e. The third-order valence-electron chi connectivity index (χ3n) is 2.99. The van der Waals surface area contributed by atoms with Gasteiger partial charge in [-0.15, -0.1) is 0 Å². The number of furan rings is 1. The molecular formula is C16H12O3S. The SMILES string of the molecule is O=S(=O)(/C=C/c1ccc2occc2c1)c1ccccc1. The van der Waals surface area contributed by atoms with E-state index in [0.717, 1.165) is 16.5 Å². The Hall–Kier alpha value is -2.33. The smallest absolute Gasteiger partial charge is 0.199 e. The van der Waals surface area contributed by atoms with Crippen molar-refractivity contribution in [1.29, 1.82) is 0 Å². The van der Waals surface area contributed by atoms with Crippen molar-refractivity contribution in [3.05, 3.63) is 71.8 Å². The fraction of sp³-hybridized carbons (Fsp3) is 0. The van der Waals surface area contributed by atoms with E-state index in [1.165, 1.54) is 5.41 Å². The minimum absolute atomic E-state index is 0.292. The van der Waals surface area contributed by atoms with E-state index < -0.39 is 9.84 Å². The Kier molecular flexibility index (Phi) is 3.16. The van der Waals surface area contributed by atoms with Gasteiger partial charge in [-0.05, 0) is 42.0 Å². The summed E-state index contributed by atoms with van der Waals surface area (Å²) in [6, 6.07) is 15.7. The van der Waals surface area contributed by atoms with E-state index in [2.05, 4.69) is 0 Å². The Labute approximate surface area is 117 Å². The Morgan fingerprint density at radius 1 is 0.950 bits per heavy atom. The second-order valence-corrected chi connectivity index (χ2v) is 6.21. The second-order valence-electron chi connectivity index (χ2n) is 4.38. The molecule has 0 unspecified atom stereocenters. The van der Waals surface area contributed by atoms with E-state index in [1.807, 2.05) is 24.3 Å². The van der Waals surface area contributed by atoms with Gasteiger partial charge in [0.1, 0.15) is 5.58 Å². The van der Waals surface area contributed by atoms with Crippen LogP contribution in [0.2, 0.25) is 0 Å². The lowest BCUT2D eigenvalue weighted by Crippen LogP contribution is -1.95. The van der Waals surface area contributed by atoms with Crippen LogP contribution in [0.1, 0.15) is 5.56 Å². The van der Waals surface area contributed by atoms with Crippen molar-refractivity contribution in [3.8, 4) is 0 Å². The van der Waals surface area contributed by atoms with Gasteiger partial charge in [0, 0.05) is 10.8 Å². The van der Waals surface area contributed by atoms with Gasteiger partial charge >= 0.3 is 0 Å². The third kappa shape index (κ3) is 2.51. The maximum atomic E-state index is 12.1. The molecule has 3 rings (SSSR count). The Morgan fingerprint density at radius 3 is 2.55 bits per heavy atom. The zero-order valence-electron chi connectivity index (χ0n) is 10.6. The Bertz CT molecular complexity index is 859. The van der Waals surface area contributed by atoms with Crippen LogP contribution in [-0.4, -0.2) is 8.42 Å². The molecule has 2 aromatic carbocycles. The van der Waals surface area contributed by atoms with Crippen LogP contribution < -0.4 is 0 Å². The fourth-order valence-corrected chi connectivity index (χ4v) is 2.98. The molecule has 0 radical (unpaired) electrons. The van der Waals surface area contributed by atoms with E-state index in [9.17, 15) is 8.42 Å². The molecule has 0 atom stereocenters. The second kappa shape index (κ2) is 4.98. The number of hydrogen-bond acceptors (Lipinski definition) is 3. The molecule has 0 aliphatic carbocycles. The van der Waals surface area contributed by atoms with Crippen molar-refractivity contribution in [2.75, 3.05) is 0 Å². The van der Waals surface area contributed by atoms with Crippen molar-refractivity contribution in [3.63, 3.8) is 0 Å². The van der Waals surface area contributed by atoms with Gasteiger partial charge in [0.2, 0.25) is 0 Å². The number of rotatable bonds is 3. The fourth-order valence-electron chi connectivity index (χ4n) is 1.95. The molecule has 0 saturated carbocycles. The van der Waals surface area contributed by atoms with E-state index >= 15 is 0 Å². The molecule has 0 amide bonds. The maximum absolute atomic E-state index is 12.1. The largest absolute Gasteiger partial charge is 0.464 e. The highest BCUT2D eigenvalue weighted by Crippen LogP contribution is 2.19. The predicted octanol–water partition coefficient (Wildman–Crippen LogP) is 3.88. The summed E-state index contributed by atoms with van der Waals surface area (Å²) in [5.74, 6) is 0. The summed E-state index contributed by atoms with van der Waals surface area (Å²) in [5.41, 5.74) is 1.60. The summed E-state index contributed by atoms with van der Waals surface area (Å²) < 4.78 is 29.5. The molecule has 100 valence electrons. The zero-order valence-corrected chi connectivity index (χ0v) is 11.4. The lowest BCUT2D eigenvalue weighted by atomic mass is 10.2. The number of fused-ring (bicyclic) bond motifs is 1. The van der Waals surface area contributed by atoms with Crippen molar-refractivity contribution >= 4 is 26.9 Å². The van der Waals surface area contributed by atoms with Crippen LogP contribution in [0.15, 0.2) is 75.6 Å². The van der Waals surface area contributed by atoms with Crippen LogP contribution in [0.3, 0.4) is 0 Å². The van der Waals surface area contributed by atoms with Gasteiger partial charge in [-0.2, -0.15) is 0 Å². The normalized spacial score (nSPS) is 12.2. The first-order chi connectivity index (χ1) is 9.65. The molecule has 3 nitrogen and oxygen atoms in total. The van der Waals surface area contributed by atoms with Crippen molar-refractivity contribution in [1.82, 2.24) is 0 Å². The van der Waals surface area contributed by atoms with Crippen LogP contribution in [0, 0.1) is 0 Å². The summed E-state index contributed by atoms with van der Waals surface area (Å²) >= 11 is 0. The van der Waals surface area contributed by atoms with Gasteiger partial charge in [-0.3, -0.25) is 0 Å². The highest BCUT2D eigenvalue weighted by Gasteiger charge is 2.08. The summed E-state index contributed by atoms with van der Waals surface area (Å²) in [7, 11) is -3.40. The van der Waals surface area contributed by atoms with Gasteiger partial charge in [-0.1, -0.05) is 24.3 Å². The van der Waals surface area contributed by atoms with Gasteiger partial charge in [-0.25, -0.2) is 8.42 Å². The molecular weight excluding hydrogens is 272 g/mol. The summed E-state index contributed by atoms with van der Waals surface area (Å²) in [6.07, 6.45) is 3.20. The Morgan fingerprint density at radius 2 is 1.75 bits per heavy atom. The molecule has 0 saturated heterocycles. The summed E-state index contributed by atoms with van der Waals surface area (Å²) in [6.45, 7) is 0. The lowest BCUT2D eigenvalue weighted by Gasteiger charge is -1.98. The molecule has 0 spiro atoms. The first-order valence-corrected chi connectivity index (χ1v) is 7.65. The lowest BCUT2D eigenvalue weighted by molar-refractivity contribution is 0.605. The highest BCUT2D eigenvalue weighted by molar-refractivity contribution is 7.94. The van der Waals surface area contributed by atoms with Gasteiger partial charge < -0.3 is 4.42 Å². The minimum Gasteiger partial charge on any atom is -0.464 e. The zero-order chi connectivity index (χ0) is 14.0. The molecule has 0 aliphatic heterocycles. The number of benzene rings is 2. The van der Waals surface area contributed by atoms with Crippen molar-refractivity contribution in [2.45, 2.75) is 4.90 Å². The van der Waals surface area contributed by atoms with Gasteiger partial charge in [0.15, 0.2) is 9.84 Å². The summed E-state index contributed by atoms with van der Waals surface area (Å²) in [5, 5.41) is 2.17. The van der Waals surface area contributed by atoms with Crippen LogP contribution in [0.5, 0.6) is 0 Å². The monoisotopic (exact) mass is 284 g/mol. The summed E-state index contributed by atoms with van der Waals surface area (Å²) in [4.78, 5) is 0.292. The molecule has 1 heterocycles. The standard InChI is InChI=1S/C16H12O3S/c17-20(18,15-4-2-1-3-5-15)11-9-13-6-7-16-14(12-13)8-10-19-16/h1-12H/b11-9+. The molecule has 1 aromatic heterocycles. The first kappa shape index (κ1) is 12.7. The molecule has 0 fully saturated rings. The number of hydrogen-bond donors (Lipinski definition) is 0.